The second-order valence-electron chi connectivity index (χ2n) is 6.65. The second-order valence-corrected chi connectivity index (χ2v) is 8.48. The number of Topliss-reactive ketones (excluding diaryl/α,β-unsaturated/α-hetero) is 1. The molecule has 0 amide bonds. The lowest BCUT2D eigenvalue weighted by Crippen LogP contribution is -2.40. The van der Waals surface area contributed by atoms with Crippen LogP contribution in [-0.2, 0) is 10.4 Å². The van der Waals surface area contributed by atoms with E-state index in [2.05, 4.69) is 4.90 Å². The van der Waals surface area contributed by atoms with Gasteiger partial charge in [0.1, 0.15) is 0 Å². The summed E-state index contributed by atoms with van der Waals surface area (Å²) in [6, 6.07) is 3.96. The SMILES string of the molecule is Cc1ccsc1C(O)(C(=O)CCN1CCCCC1)c1sccc1C. The smallest absolute Gasteiger partial charge is 0.192 e. The van der Waals surface area contributed by atoms with E-state index in [0.29, 0.717) is 6.42 Å². The molecule has 1 N–H and O–H groups in total. The van der Waals surface area contributed by atoms with Crippen LogP contribution in [0, 0.1) is 13.8 Å². The minimum atomic E-state index is -1.49. The summed E-state index contributed by atoms with van der Waals surface area (Å²) >= 11 is 2.95. The molecule has 0 bridgehead atoms. The Bertz CT molecular complexity index is 658. The van der Waals surface area contributed by atoms with Crippen molar-refractivity contribution in [3.8, 4) is 0 Å². The highest BCUT2D eigenvalue weighted by Gasteiger charge is 2.43. The lowest BCUT2D eigenvalue weighted by atomic mass is 9.88. The van der Waals surface area contributed by atoms with Gasteiger partial charge in [0.25, 0.3) is 0 Å². The van der Waals surface area contributed by atoms with Gasteiger partial charge in [0.05, 0.1) is 9.75 Å². The van der Waals surface area contributed by atoms with Crippen molar-refractivity contribution in [2.24, 2.45) is 0 Å². The number of aryl methyl sites for hydroxylation is 2. The van der Waals surface area contributed by atoms with Crippen molar-refractivity contribution >= 4 is 28.5 Å². The molecule has 0 spiro atoms. The van der Waals surface area contributed by atoms with E-state index in [1.54, 1.807) is 0 Å². The second kappa shape index (κ2) is 7.48. The maximum atomic E-state index is 13.1. The molecular weight excluding hydrogens is 338 g/mol. The number of likely N-dealkylation sites (tertiary alicyclic amines) is 1. The van der Waals surface area contributed by atoms with Gasteiger partial charge in [-0.15, -0.1) is 22.7 Å². The lowest BCUT2D eigenvalue weighted by molar-refractivity contribution is -0.134. The Labute approximate surface area is 151 Å². The third-order valence-corrected chi connectivity index (χ3v) is 7.14. The Hall–Kier alpha value is -1.01. The number of carbonyl (C=O) groups excluding carboxylic acids is 1. The Morgan fingerprint density at radius 1 is 1.08 bits per heavy atom. The predicted molar refractivity (Wildman–Crippen MR) is 101 cm³/mol. The van der Waals surface area contributed by atoms with E-state index < -0.39 is 5.60 Å². The molecule has 1 aliphatic heterocycles. The summed E-state index contributed by atoms with van der Waals surface area (Å²) in [6.07, 6.45) is 4.11. The zero-order valence-electron chi connectivity index (χ0n) is 14.4. The van der Waals surface area contributed by atoms with E-state index in [9.17, 15) is 9.90 Å². The number of hydrogen-bond donors (Lipinski definition) is 1. The summed E-state index contributed by atoms with van der Waals surface area (Å²) < 4.78 is 0. The quantitative estimate of drug-likeness (QED) is 0.840. The average molecular weight is 364 g/mol. The van der Waals surface area contributed by atoms with Gasteiger partial charge < -0.3 is 10.0 Å². The molecule has 3 heterocycles. The summed E-state index contributed by atoms with van der Waals surface area (Å²) in [6.45, 7) is 6.83. The number of nitrogens with zero attached hydrogens (tertiary/aromatic N) is 1. The van der Waals surface area contributed by atoms with Crippen LogP contribution in [-0.4, -0.2) is 35.4 Å². The maximum absolute atomic E-state index is 13.1. The number of rotatable bonds is 6. The average Bonchev–Trinajstić information content (AvgIpc) is 3.21. The lowest BCUT2D eigenvalue weighted by Gasteiger charge is -2.30. The number of carbonyl (C=O) groups is 1. The summed E-state index contributed by atoms with van der Waals surface area (Å²) in [5, 5.41) is 15.5. The Morgan fingerprint density at radius 3 is 2.08 bits per heavy atom. The molecule has 5 heteroatoms. The molecule has 24 heavy (non-hydrogen) atoms. The minimum Gasteiger partial charge on any atom is -0.372 e. The molecule has 3 rings (SSSR count). The Balaban J connectivity index is 1.86. The molecule has 1 fully saturated rings. The first-order valence-corrected chi connectivity index (χ1v) is 10.4. The fourth-order valence-electron chi connectivity index (χ4n) is 3.47. The van der Waals surface area contributed by atoms with Gasteiger partial charge in [0.15, 0.2) is 11.4 Å². The molecule has 0 aromatic carbocycles. The van der Waals surface area contributed by atoms with Gasteiger partial charge in [-0.2, -0.15) is 0 Å². The first-order chi connectivity index (χ1) is 11.5. The van der Waals surface area contributed by atoms with Crippen molar-refractivity contribution < 1.29 is 9.90 Å². The highest BCUT2D eigenvalue weighted by Crippen LogP contribution is 2.41. The van der Waals surface area contributed by atoms with Gasteiger partial charge in [-0.05, 0) is 73.8 Å². The van der Waals surface area contributed by atoms with Crippen LogP contribution in [0.25, 0.3) is 0 Å². The molecule has 1 saturated heterocycles. The Morgan fingerprint density at radius 2 is 1.62 bits per heavy atom. The van der Waals surface area contributed by atoms with E-state index in [4.69, 9.17) is 0 Å². The van der Waals surface area contributed by atoms with E-state index in [1.807, 2.05) is 36.7 Å². The van der Waals surface area contributed by atoms with Crippen molar-refractivity contribution in [1.82, 2.24) is 4.90 Å². The van der Waals surface area contributed by atoms with Gasteiger partial charge in [0, 0.05) is 13.0 Å². The van der Waals surface area contributed by atoms with Crippen LogP contribution >= 0.6 is 22.7 Å². The molecule has 3 nitrogen and oxygen atoms in total. The van der Waals surface area contributed by atoms with Gasteiger partial charge in [-0.3, -0.25) is 4.79 Å². The zero-order valence-corrected chi connectivity index (χ0v) is 16.0. The van der Waals surface area contributed by atoms with E-state index in [0.717, 1.165) is 40.5 Å². The highest BCUT2D eigenvalue weighted by atomic mass is 32.1. The van der Waals surface area contributed by atoms with Crippen molar-refractivity contribution in [2.75, 3.05) is 19.6 Å². The van der Waals surface area contributed by atoms with Crippen LogP contribution in [0.3, 0.4) is 0 Å². The molecule has 0 unspecified atom stereocenters. The maximum Gasteiger partial charge on any atom is 0.192 e. The van der Waals surface area contributed by atoms with Crippen LogP contribution in [0.1, 0.15) is 46.6 Å². The van der Waals surface area contributed by atoms with Crippen LogP contribution in [0.5, 0.6) is 0 Å². The monoisotopic (exact) mass is 363 g/mol. The van der Waals surface area contributed by atoms with E-state index in [-0.39, 0.29) is 5.78 Å². The fourth-order valence-corrected chi connectivity index (χ4v) is 5.63. The molecule has 0 atom stereocenters. The van der Waals surface area contributed by atoms with Gasteiger partial charge in [-0.25, -0.2) is 0 Å². The molecule has 2 aromatic heterocycles. The summed E-state index contributed by atoms with van der Waals surface area (Å²) in [4.78, 5) is 17.0. The van der Waals surface area contributed by atoms with Crippen LogP contribution in [0.2, 0.25) is 0 Å². The third kappa shape index (κ3) is 3.36. The molecular formula is C19H25NO2S2. The fraction of sp³-hybridized carbons (Fsp3) is 0.526. The number of ketones is 1. The number of thiophene rings is 2. The summed E-state index contributed by atoms with van der Waals surface area (Å²) in [5.41, 5.74) is 0.481. The van der Waals surface area contributed by atoms with Crippen LogP contribution < -0.4 is 0 Å². The van der Waals surface area contributed by atoms with Crippen molar-refractivity contribution in [3.05, 3.63) is 43.8 Å². The summed E-state index contributed by atoms with van der Waals surface area (Å²) in [7, 11) is 0. The van der Waals surface area contributed by atoms with Gasteiger partial charge >= 0.3 is 0 Å². The molecule has 0 aliphatic carbocycles. The van der Waals surface area contributed by atoms with Crippen molar-refractivity contribution in [1.29, 1.82) is 0 Å². The minimum absolute atomic E-state index is 0.0795. The zero-order chi connectivity index (χ0) is 17.2. The molecule has 0 radical (unpaired) electrons. The van der Waals surface area contributed by atoms with Crippen LogP contribution in [0.15, 0.2) is 22.9 Å². The topological polar surface area (TPSA) is 40.5 Å². The predicted octanol–water partition coefficient (Wildman–Crippen LogP) is 4.11. The molecule has 130 valence electrons. The molecule has 0 saturated carbocycles. The largest absolute Gasteiger partial charge is 0.372 e. The first-order valence-electron chi connectivity index (χ1n) is 8.60. The summed E-state index contributed by atoms with van der Waals surface area (Å²) in [5.74, 6) is -0.0795. The number of piperidine rings is 1. The van der Waals surface area contributed by atoms with Gasteiger partial charge in [-0.1, -0.05) is 6.42 Å². The normalized spacial score (nSPS) is 16.5. The van der Waals surface area contributed by atoms with Crippen LogP contribution in [0.4, 0.5) is 0 Å². The van der Waals surface area contributed by atoms with E-state index >= 15 is 0 Å². The Kier molecular flexibility index (Phi) is 5.55. The van der Waals surface area contributed by atoms with E-state index in [1.165, 1.54) is 41.9 Å². The third-order valence-electron chi connectivity index (χ3n) is 4.89. The van der Waals surface area contributed by atoms with Crippen molar-refractivity contribution in [3.63, 3.8) is 0 Å². The number of hydrogen-bond acceptors (Lipinski definition) is 5. The van der Waals surface area contributed by atoms with Gasteiger partial charge in [0.2, 0.25) is 0 Å². The standard InChI is InChI=1S/C19H25NO2S2/c1-14-7-12-23-17(14)19(22,18-15(2)8-13-24-18)16(21)6-11-20-9-4-3-5-10-20/h7-8,12-13,22H,3-6,9-11H2,1-2H3. The molecule has 1 aliphatic rings. The first kappa shape index (κ1) is 17.8. The number of aliphatic hydroxyl groups is 1. The van der Waals surface area contributed by atoms with Crippen molar-refractivity contribution in [2.45, 2.75) is 45.1 Å². The highest BCUT2D eigenvalue weighted by molar-refractivity contribution is 7.12. The molecule has 2 aromatic rings.